The third-order valence-electron chi connectivity index (χ3n) is 4.26. The molecule has 1 amide bonds. The highest BCUT2D eigenvalue weighted by molar-refractivity contribution is 7.89. The molecule has 1 aromatic rings. The number of sulfonamides is 1. The molecule has 0 atom stereocenters. The Kier molecular flexibility index (Phi) is 5.79. The lowest BCUT2D eigenvalue weighted by molar-refractivity contribution is 0.0203. The predicted molar refractivity (Wildman–Crippen MR) is 97.1 cm³/mol. The second kappa shape index (κ2) is 7.33. The molecule has 1 heterocycles. The number of rotatable bonds is 3. The molecule has 0 unspecified atom stereocenters. The molecule has 25 heavy (non-hydrogen) atoms. The molecule has 0 aliphatic carbocycles. The maximum absolute atomic E-state index is 12.6. The van der Waals surface area contributed by atoms with Gasteiger partial charge in [-0.2, -0.15) is 0 Å². The summed E-state index contributed by atoms with van der Waals surface area (Å²) in [7, 11) is -3.55. The van der Waals surface area contributed by atoms with Crippen LogP contribution in [0.15, 0.2) is 23.1 Å². The van der Waals surface area contributed by atoms with Crippen molar-refractivity contribution in [2.45, 2.75) is 64.0 Å². The van der Waals surface area contributed by atoms with Gasteiger partial charge in [0.15, 0.2) is 0 Å². The number of hydrogen-bond donors (Lipinski definition) is 1. The lowest BCUT2D eigenvalue weighted by Gasteiger charge is -2.33. The molecule has 140 valence electrons. The smallest absolute Gasteiger partial charge is 0.410 e. The summed E-state index contributed by atoms with van der Waals surface area (Å²) in [5.74, 6) is 0. The molecule has 6 nitrogen and oxygen atoms in total. The molecule has 1 fully saturated rings. The number of benzene rings is 1. The summed E-state index contributed by atoms with van der Waals surface area (Å²) >= 11 is 0. The number of carbonyl (C=O) groups is 1. The van der Waals surface area contributed by atoms with Crippen molar-refractivity contribution in [1.82, 2.24) is 9.62 Å². The molecule has 1 aliphatic heterocycles. The van der Waals surface area contributed by atoms with Crippen molar-refractivity contribution in [2.75, 3.05) is 13.1 Å². The van der Waals surface area contributed by atoms with Crippen molar-refractivity contribution in [3.05, 3.63) is 29.3 Å². The molecular formula is C18H28N2O4S. The molecule has 0 spiro atoms. The summed E-state index contributed by atoms with van der Waals surface area (Å²) < 4.78 is 33.2. The first-order valence-electron chi connectivity index (χ1n) is 8.55. The standard InChI is InChI=1S/C18H28N2O4S/c1-13-6-7-16(12-14(13)2)25(22,23)19-15-8-10-20(11-9-15)17(21)24-18(3,4)5/h6-7,12,15,19H,8-11H2,1-5H3. The van der Waals surface area contributed by atoms with Crippen LogP contribution >= 0.6 is 0 Å². The summed E-state index contributed by atoms with van der Waals surface area (Å²) in [5, 5.41) is 0. The van der Waals surface area contributed by atoms with Crippen molar-refractivity contribution >= 4 is 16.1 Å². The molecule has 0 saturated carbocycles. The zero-order chi connectivity index (χ0) is 18.8. The third kappa shape index (κ3) is 5.44. The first kappa shape index (κ1) is 19.7. The minimum atomic E-state index is -3.55. The molecule has 1 saturated heterocycles. The quantitative estimate of drug-likeness (QED) is 0.890. The van der Waals surface area contributed by atoms with E-state index in [-0.39, 0.29) is 17.0 Å². The van der Waals surface area contributed by atoms with E-state index in [0.29, 0.717) is 25.9 Å². The number of aryl methyl sites for hydroxylation is 2. The second-order valence-electron chi connectivity index (χ2n) is 7.61. The maximum atomic E-state index is 12.6. The van der Waals surface area contributed by atoms with Crippen LogP contribution < -0.4 is 4.72 Å². The maximum Gasteiger partial charge on any atom is 0.410 e. The van der Waals surface area contributed by atoms with E-state index in [2.05, 4.69) is 4.72 Å². The highest BCUT2D eigenvalue weighted by Gasteiger charge is 2.29. The molecule has 7 heteroatoms. The summed E-state index contributed by atoms with van der Waals surface area (Å²) in [6.07, 6.45) is 0.801. The fraction of sp³-hybridized carbons (Fsp3) is 0.611. The summed E-state index contributed by atoms with van der Waals surface area (Å²) in [5.41, 5.74) is 1.48. The van der Waals surface area contributed by atoms with E-state index >= 15 is 0 Å². The Morgan fingerprint density at radius 1 is 1.16 bits per heavy atom. The van der Waals surface area contributed by atoms with E-state index in [1.807, 2.05) is 40.7 Å². The van der Waals surface area contributed by atoms with Gasteiger partial charge in [0.2, 0.25) is 10.0 Å². The van der Waals surface area contributed by atoms with E-state index in [1.165, 1.54) is 0 Å². The molecule has 0 radical (unpaired) electrons. The Bertz CT molecular complexity index is 730. The first-order chi connectivity index (χ1) is 11.5. The van der Waals surface area contributed by atoms with E-state index < -0.39 is 15.6 Å². The first-order valence-corrected chi connectivity index (χ1v) is 10.0. The monoisotopic (exact) mass is 368 g/mol. The lowest BCUT2D eigenvalue weighted by Crippen LogP contribution is -2.47. The fourth-order valence-electron chi connectivity index (χ4n) is 2.67. The Balaban J connectivity index is 1.95. The number of nitrogens with one attached hydrogen (secondary N) is 1. The number of amides is 1. The van der Waals surface area contributed by atoms with Crippen molar-refractivity contribution in [2.24, 2.45) is 0 Å². The van der Waals surface area contributed by atoms with Gasteiger partial charge in [-0.1, -0.05) is 6.07 Å². The average Bonchev–Trinajstić information content (AvgIpc) is 2.48. The van der Waals surface area contributed by atoms with Gasteiger partial charge in [-0.25, -0.2) is 17.9 Å². The summed E-state index contributed by atoms with van der Waals surface area (Å²) in [6.45, 7) is 10.3. The molecule has 1 aliphatic rings. The van der Waals surface area contributed by atoms with Crippen molar-refractivity contribution in [1.29, 1.82) is 0 Å². The van der Waals surface area contributed by atoms with Crippen LogP contribution in [0.4, 0.5) is 4.79 Å². The van der Waals surface area contributed by atoms with Gasteiger partial charge >= 0.3 is 6.09 Å². The molecule has 0 bridgehead atoms. The van der Waals surface area contributed by atoms with Crippen molar-refractivity contribution in [3.8, 4) is 0 Å². The van der Waals surface area contributed by atoms with E-state index in [4.69, 9.17) is 4.74 Å². The molecule has 0 aromatic heterocycles. The van der Waals surface area contributed by atoms with Crippen LogP contribution in [-0.4, -0.2) is 44.1 Å². The molecule has 1 aromatic carbocycles. The van der Waals surface area contributed by atoms with Crippen LogP contribution in [0, 0.1) is 13.8 Å². The average molecular weight is 368 g/mol. The fourth-order valence-corrected chi connectivity index (χ4v) is 4.06. The molecule has 1 N–H and O–H groups in total. The van der Waals surface area contributed by atoms with Crippen LogP contribution in [0.25, 0.3) is 0 Å². The number of likely N-dealkylation sites (tertiary alicyclic amines) is 1. The van der Waals surface area contributed by atoms with E-state index in [1.54, 1.807) is 17.0 Å². The van der Waals surface area contributed by atoms with E-state index in [9.17, 15) is 13.2 Å². The number of nitrogens with zero attached hydrogens (tertiary/aromatic N) is 1. The molecule has 2 rings (SSSR count). The van der Waals surface area contributed by atoms with Gasteiger partial charge in [-0.05, 0) is 70.7 Å². The van der Waals surface area contributed by atoms with Crippen LogP contribution in [0.2, 0.25) is 0 Å². The Hall–Kier alpha value is -1.60. The van der Waals surface area contributed by atoms with Gasteiger partial charge in [0, 0.05) is 19.1 Å². The van der Waals surface area contributed by atoms with Gasteiger partial charge in [0.25, 0.3) is 0 Å². The Morgan fingerprint density at radius 3 is 2.28 bits per heavy atom. The van der Waals surface area contributed by atoms with Gasteiger partial charge in [0.1, 0.15) is 5.60 Å². The normalized spacial score (nSPS) is 16.8. The number of piperidine rings is 1. The zero-order valence-electron chi connectivity index (χ0n) is 15.6. The Morgan fingerprint density at radius 2 is 1.76 bits per heavy atom. The summed E-state index contributed by atoms with van der Waals surface area (Å²) in [6, 6.07) is 4.95. The highest BCUT2D eigenvalue weighted by Crippen LogP contribution is 2.19. The molecular weight excluding hydrogens is 340 g/mol. The van der Waals surface area contributed by atoms with Crippen LogP contribution in [0.5, 0.6) is 0 Å². The number of hydrogen-bond acceptors (Lipinski definition) is 4. The SMILES string of the molecule is Cc1ccc(S(=O)(=O)NC2CCN(C(=O)OC(C)(C)C)CC2)cc1C. The van der Waals surface area contributed by atoms with Crippen molar-refractivity contribution < 1.29 is 17.9 Å². The van der Waals surface area contributed by atoms with Gasteiger partial charge in [0.05, 0.1) is 4.90 Å². The van der Waals surface area contributed by atoms with E-state index in [0.717, 1.165) is 11.1 Å². The van der Waals surface area contributed by atoms with Crippen LogP contribution in [0.3, 0.4) is 0 Å². The van der Waals surface area contributed by atoms with Gasteiger partial charge < -0.3 is 9.64 Å². The van der Waals surface area contributed by atoms with Crippen LogP contribution in [0.1, 0.15) is 44.7 Å². The van der Waals surface area contributed by atoms with Crippen molar-refractivity contribution in [3.63, 3.8) is 0 Å². The predicted octanol–water partition coefficient (Wildman–Crippen LogP) is 2.98. The minimum Gasteiger partial charge on any atom is -0.444 e. The highest BCUT2D eigenvalue weighted by atomic mass is 32.2. The summed E-state index contributed by atoms with van der Waals surface area (Å²) in [4.78, 5) is 14.0. The number of carbonyl (C=O) groups excluding carboxylic acids is 1. The topological polar surface area (TPSA) is 75.7 Å². The van der Waals surface area contributed by atoms with Gasteiger partial charge in [-0.3, -0.25) is 0 Å². The largest absolute Gasteiger partial charge is 0.444 e. The second-order valence-corrected chi connectivity index (χ2v) is 9.32. The minimum absolute atomic E-state index is 0.176. The van der Waals surface area contributed by atoms with Crippen LogP contribution in [-0.2, 0) is 14.8 Å². The Labute approximate surface area is 150 Å². The zero-order valence-corrected chi connectivity index (χ0v) is 16.4. The lowest BCUT2D eigenvalue weighted by atomic mass is 10.1. The number of ether oxygens (including phenoxy) is 1. The van der Waals surface area contributed by atoms with Gasteiger partial charge in [-0.15, -0.1) is 0 Å². The third-order valence-corrected chi connectivity index (χ3v) is 5.78.